The lowest BCUT2D eigenvalue weighted by molar-refractivity contribution is 0.880. The number of halogens is 1. The number of nitrogens with two attached hydrogens (primary N) is 1. The lowest BCUT2D eigenvalue weighted by atomic mass is 9.92. The van der Waals surface area contributed by atoms with E-state index in [9.17, 15) is 0 Å². The molecular weight excluding hydrogens is 266 g/mol. The Bertz CT molecular complexity index is 764. The minimum Gasteiger partial charge on any atom is -0.320 e. The first-order valence-electron chi connectivity index (χ1n) is 6.66. The van der Waals surface area contributed by atoms with Crippen molar-refractivity contribution in [2.75, 3.05) is 0 Å². The Morgan fingerprint density at radius 2 is 1.65 bits per heavy atom. The van der Waals surface area contributed by atoms with Gasteiger partial charge in [-0.15, -0.1) is 0 Å². The van der Waals surface area contributed by atoms with Crippen LogP contribution in [0.2, 0.25) is 5.02 Å². The fourth-order valence-electron chi connectivity index (χ4n) is 2.62. The third-order valence-corrected chi connectivity index (χ3v) is 3.95. The summed E-state index contributed by atoms with van der Waals surface area (Å²) in [6.07, 6.45) is 0. The molecule has 1 atom stereocenters. The number of hydrogen-bond acceptors (Lipinski definition) is 1. The lowest BCUT2D eigenvalue weighted by Crippen LogP contribution is -2.12. The summed E-state index contributed by atoms with van der Waals surface area (Å²) in [5.74, 6) is 0. The normalized spacial score (nSPS) is 12.6. The Balaban J connectivity index is 2.17. The van der Waals surface area contributed by atoms with Crippen LogP contribution < -0.4 is 5.73 Å². The third-order valence-electron chi connectivity index (χ3n) is 3.72. The standard InChI is InChI=1S/C18H16ClN/c1-12-9-10-17(16-8-3-2-7-15(12)16)18(20)13-5-4-6-14(19)11-13/h2-11,18H,20H2,1H3. The zero-order valence-electron chi connectivity index (χ0n) is 11.3. The molecule has 3 aromatic rings. The fraction of sp³-hybridized carbons (Fsp3) is 0.111. The van der Waals surface area contributed by atoms with E-state index < -0.39 is 0 Å². The van der Waals surface area contributed by atoms with Gasteiger partial charge in [-0.05, 0) is 46.5 Å². The Morgan fingerprint density at radius 3 is 2.40 bits per heavy atom. The molecule has 0 bridgehead atoms. The third kappa shape index (κ3) is 2.31. The minimum atomic E-state index is -0.167. The van der Waals surface area contributed by atoms with Crippen molar-refractivity contribution in [3.8, 4) is 0 Å². The Labute approximate surface area is 124 Å². The summed E-state index contributed by atoms with van der Waals surface area (Å²) in [5, 5.41) is 3.18. The van der Waals surface area contributed by atoms with Crippen molar-refractivity contribution in [3.05, 3.63) is 82.4 Å². The van der Waals surface area contributed by atoms with Crippen molar-refractivity contribution in [2.24, 2.45) is 5.73 Å². The average molecular weight is 282 g/mol. The van der Waals surface area contributed by atoms with E-state index in [0.29, 0.717) is 0 Å². The van der Waals surface area contributed by atoms with Gasteiger partial charge in [0.25, 0.3) is 0 Å². The maximum atomic E-state index is 6.44. The van der Waals surface area contributed by atoms with Gasteiger partial charge in [0.15, 0.2) is 0 Å². The summed E-state index contributed by atoms with van der Waals surface area (Å²) < 4.78 is 0. The first kappa shape index (κ1) is 13.2. The second-order valence-electron chi connectivity index (χ2n) is 5.05. The molecule has 0 aromatic heterocycles. The van der Waals surface area contributed by atoms with Crippen molar-refractivity contribution < 1.29 is 0 Å². The highest BCUT2D eigenvalue weighted by atomic mass is 35.5. The van der Waals surface area contributed by atoms with Gasteiger partial charge in [0, 0.05) is 5.02 Å². The molecule has 0 aliphatic heterocycles. The van der Waals surface area contributed by atoms with E-state index in [0.717, 1.165) is 16.1 Å². The molecule has 0 amide bonds. The average Bonchev–Trinajstić information content (AvgIpc) is 2.47. The van der Waals surface area contributed by atoms with E-state index in [4.69, 9.17) is 17.3 Å². The molecule has 0 fully saturated rings. The molecular formula is C18H16ClN. The van der Waals surface area contributed by atoms with Crippen LogP contribution in [0.1, 0.15) is 22.7 Å². The van der Waals surface area contributed by atoms with E-state index >= 15 is 0 Å². The molecule has 0 saturated carbocycles. The van der Waals surface area contributed by atoms with E-state index in [1.165, 1.54) is 16.3 Å². The molecule has 2 N–H and O–H groups in total. The maximum Gasteiger partial charge on any atom is 0.0558 e. The highest BCUT2D eigenvalue weighted by Gasteiger charge is 2.13. The summed E-state index contributed by atoms with van der Waals surface area (Å²) in [5.41, 5.74) is 9.88. The van der Waals surface area contributed by atoms with Crippen molar-refractivity contribution >= 4 is 22.4 Å². The van der Waals surface area contributed by atoms with Gasteiger partial charge in [-0.2, -0.15) is 0 Å². The first-order chi connectivity index (χ1) is 9.66. The summed E-state index contributed by atoms with van der Waals surface area (Å²) >= 11 is 6.06. The van der Waals surface area contributed by atoms with Crippen LogP contribution in [0, 0.1) is 6.92 Å². The van der Waals surface area contributed by atoms with Gasteiger partial charge >= 0.3 is 0 Å². The minimum absolute atomic E-state index is 0.167. The largest absolute Gasteiger partial charge is 0.320 e. The molecule has 0 radical (unpaired) electrons. The highest BCUT2D eigenvalue weighted by molar-refractivity contribution is 6.30. The SMILES string of the molecule is Cc1ccc(C(N)c2cccc(Cl)c2)c2ccccc12. The van der Waals surface area contributed by atoms with Crippen LogP contribution in [-0.4, -0.2) is 0 Å². The molecule has 100 valence electrons. The van der Waals surface area contributed by atoms with Gasteiger partial charge in [-0.3, -0.25) is 0 Å². The van der Waals surface area contributed by atoms with Crippen LogP contribution >= 0.6 is 11.6 Å². The molecule has 1 nitrogen and oxygen atoms in total. The van der Waals surface area contributed by atoms with E-state index in [-0.39, 0.29) is 6.04 Å². The van der Waals surface area contributed by atoms with Crippen LogP contribution in [0.25, 0.3) is 10.8 Å². The summed E-state index contributed by atoms with van der Waals surface area (Å²) in [6, 6.07) is 20.2. The van der Waals surface area contributed by atoms with Crippen LogP contribution in [0.4, 0.5) is 0 Å². The number of aryl methyl sites for hydroxylation is 1. The van der Waals surface area contributed by atoms with Crippen LogP contribution in [-0.2, 0) is 0 Å². The molecule has 0 spiro atoms. The van der Waals surface area contributed by atoms with Crippen molar-refractivity contribution in [1.29, 1.82) is 0 Å². The van der Waals surface area contributed by atoms with Crippen LogP contribution in [0.3, 0.4) is 0 Å². The van der Waals surface area contributed by atoms with Crippen LogP contribution in [0.15, 0.2) is 60.7 Å². The Morgan fingerprint density at radius 1 is 0.900 bits per heavy atom. The molecule has 0 aliphatic rings. The van der Waals surface area contributed by atoms with Gasteiger partial charge in [-0.25, -0.2) is 0 Å². The van der Waals surface area contributed by atoms with Crippen molar-refractivity contribution in [2.45, 2.75) is 13.0 Å². The number of rotatable bonds is 2. The second kappa shape index (κ2) is 5.28. The van der Waals surface area contributed by atoms with Gasteiger partial charge in [0.2, 0.25) is 0 Å². The molecule has 20 heavy (non-hydrogen) atoms. The maximum absolute atomic E-state index is 6.44. The topological polar surface area (TPSA) is 26.0 Å². The molecule has 0 aliphatic carbocycles. The summed E-state index contributed by atoms with van der Waals surface area (Å²) in [6.45, 7) is 2.12. The summed E-state index contributed by atoms with van der Waals surface area (Å²) in [7, 11) is 0. The highest BCUT2D eigenvalue weighted by Crippen LogP contribution is 2.30. The van der Waals surface area contributed by atoms with E-state index in [1.54, 1.807) is 0 Å². The second-order valence-corrected chi connectivity index (χ2v) is 5.49. The number of hydrogen-bond donors (Lipinski definition) is 1. The first-order valence-corrected chi connectivity index (χ1v) is 7.04. The quantitative estimate of drug-likeness (QED) is 0.714. The Kier molecular flexibility index (Phi) is 3.47. The number of fused-ring (bicyclic) bond motifs is 1. The van der Waals surface area contributed by atoms with Crippen molar-refractivity contribution in [3.63, 3.8) is 0 Å². The number of benzene rings is 3. The summed E-state index contributed by atoms with van der Waals surface area (Å²) in [4.78, 5) is 0. The van der Waals surface area contributed by atoms with Gasteiger partial charge < -0.3 is 5.73 Å². The fourth-order valence-corrected chi connectivity index (χ4v) is 2.82. The zero-order valence-corrected chi connectivity index (χ0v) is 12.1. The lowest BCUT2D eigenvalue weighted by Gasteiger charge is -2.16. The molecule has 1 unspecified atom stereocenters. The molecule has 0 heterocycles. The monoisotopic (exact) mass is 281 g/mol. The predicted molar refractivity (Wildman–Crippen MR) is 86.2 cm³/mol. The van der Waals surface area contributed by atoms with Crippen molar-refractivity contribution in [1.82, 2.24) is 0 Å². The van der Waals surface area contributed by atoms with Gasteiger partial charge in [0.1, 0.15) is 0 Å². The molecule has 3 rings (SSSR count). The molecule has 0 saturated heterocycles. The molecule has 2 heteroatoms. The van der Waals surface area contributed by atoms with Gasteiger partial charge in [-0.1, -0.05) is 60.1 Å². The van der Waals surface area contributed by atoms with E-state index in [1.807, 2.05) is 24.3 Å². The smallest absolute Gasteiger partial charge is 0.0558 e. The van der Waals surface area contributed by atoms with E-state index in [2.05, 4.69) is 43.3 Å². The Hall–Kier alpha value is -1.83. The predicted octanol–water partition coefficient (Wildman–Crippen LogP) is 4.85. The molecule has 3 aromatic carbocycles. The van der Waals surface area contributed by atoms with Crippen LogP contribution in [0.5, 0.6) is 0 Å². The zero-order chi connectivity index (χ0) is 14.1. The van der Waals surface area contributed by atoms with Gasteiger partial charge in [0.05, 0.1) is 6.04 Å².